The molecule has 1 atom stereocenters. The van der Waals surface area contributed by atoms with Crippen molar-refractivity contribution in [1.82, 2.24) is 0 Å². The average molecular weight is 314 g/mol. The lowest BCUT2D eigenvalue weighted by atomic mass is 10.2. The van der Waals surface area contributed by atoms with E-state index in [4.69, 9.17) is 9.47 Å². The quantitative estimate of drug-likeness (QED) is 0.439. The number of rotatable bonds is 6. The second-order valence-electron chi connectivity index (χ2n) is 5.07. The summed E-state index contributed by atoms with van der Waals surface area (Å²) in [4.78, 5) is 1.15. The summed E-state index contributed by atoms with van der Waals surface area (Å²) in [5.41, 5.74) is 0. The van der Waals surface area contributed by atoms with Crippen molar-refractivity contribution in [2.75, 3.05) is 13.2 Å². The van der Waals surface area contributed by atoms with Crippen LogP contribution in [0.3, 0.4) is 0 Å². The van der Waals surface area contributed by atoms with E-state index in [9.17, 15) is 0 Å². The standard InChI is InChI=1S/C19H22O2S/c1(3-9-15-20-19-14-8-10-16-21-19)2-4-11-17-22-18-12-6-5-7-13-18/h5-7,12-13,19H,1,3,8-10,14-16H2. The summed E-state index contributed by atoms with van der Waals surface area (Å²) < 4.78 is 11.2. The molecule has 1 heterocycles. The third kappa shape index (κ3) is 7.57. The Hall–Kier alpha value is -1.39. The van der Waals surface area contributed by atoms with Crippen LogP contribution in [0.5, 0.6) is 0 Å². The summed E-state index contributed by atoms with van der Waals surface area (Å²) in [7, 11) is 0. The number of benzene rings is 1. The Balaban J connectivity index is 1.48. The van der Waals surface area contributed by atoms with Gasteiger partial charge in [-0.3, -0.25) is 0 Å². The van der Waals surface area contributed by atoms with Crippen LogP contribution in [-0.4, -0.2) is 19.5 Å². The van der Waals surface area contributed by atoms with Gasteiger partial charge in [0, 0.05) is 24.5 Å². The van der Waals surface area contributed by atoms with E-state index in [1.54, 1.807) is 0 Å². The fourth-order valence-electron chi connectivity index (χ4n) is 2.08. The number of hydrogen-bond acceptors (Lipinski definition) is 3. The molecule has 2 rings (SSSR count). The van der Waals surface area contributed by atoms with Crippen molar-refractivity contribution in [2.45, 2.75) is 49.7 Å². The molecular formula is C19H22O2S. The normalized spacial score (nSPS) is 17.0. The second-order valence-corrected chi connectivity index (χ2v) is 5.95. The van der Waals surface area contributed by atoms with Crippen molar-refractivity contribution in [3.63, 3.8) is 0 Å². The third-order valence-electron chi connectivity index (χ3n) is 3.25. The molecule has 0 spiro atoms. The van der Waals surface area contributed by atoms with Crippen LogP contribution >= 0.6 is 11.8 Å². The van der Waals surface area contributed by atoms with Crippen LogP contribution in [0, 0.1) is 23.0 Å². The Morgan fingerprint density at radius 3 is 2.86 bits per heavy atom. The predicted octanol–water partition coefficient (Wildman–Crippen LogP) is 4.46. The topological polar surface area (TPSA) is 18.5 Å². The molecular weight excluding hydrogens is 292 g/mol. The van der Waals surface area contributed by atoms with Crippen LogP contribution in [0.25, 0.3) is 0 Å². The van der Waals surface area contributed by atoms with Crippen LogP contribution < -0.4 is 0 Å². The smallest absolute Gasteiger partial charge is 0.157 e. The lowest BCUT2D eigenvalue weighted by molar-refractivity contribution is -0.162. The van der Waals surface area contributed by atoms with Gasteiger partial charge in [0.05, 0.1) is 0 Å². The van der Waals surface area contributed by atoms with E-state index in [0.29, 0.717) is 0 Å². The summed E-state index contributed by atoms with van der Waals surface area (Å²) in [6.45, 7) is 1.61. The Bertz CT molecular complexity index is 527. The zero-order chi connectivity index (χ0) is 15.3. The maximum absolute atomic E-state index is 5.68. The molecule has 0 saturated carbocycles. The first-order chi connectivity index (χ1) is 10.9. The van der Waals surface area contributed by atoms with Crippen LogP contribution in [-0.2, 0) is 9.47 Å². The van der Waals surface area contributed by atoms with Crippen molar-refractivity contribution < 1.29 is 9.47 Å². The second kappa shape index (κ2) is 11.2. The minimum atomic E-state index is 0.0284. The highest BCUT2D eigenvalue weighted by molar-refractivity contribution is 8.03. The lowest BCUT2D eigenvalue weighted by Gasteiger charge is -2.22. The van der Waals surface area contributed by atoms with E-state index in [1.807, 2.05) is 30.3 Å². The molecule has 0 amide bonds. The third-order valence-corrected chi connectivity index (χ3v) is 3.96. The Morgan fingerprint density at radius 1 is 1.14 bits per heavy atom. The SMILES string of the molecule is C(C#CSc1ccccc1)#CCCCCOC1CCCCO1. The van der Waals surface area contributed by atoms with Crippen molar-refractivity contribution >= 4 is 11.8 Å². The van der Waals surface area contributed by atoms with Gasteiger partial charge in [-0.1, -0.05) is 24.1 Å². The molecule has 22 heavy (non-hydrogen) atoms. The molecule has 0 N–H and O–H groups in total. The van der Waals surface area contributed by atoms with Gasteiger partial charge in [0.25, 0.3) is 0 Å². The van der Waals surface area contributed by atoms with Crippen molar-refractivity contribution in [3.05, 3.63) is 30.3 Å². The van der Waals surface area contributed by atoms with Gasteiger partial charge in [0.1, 0.15) is 0 Å². The summed E-state index contributed by atoms with van der Waals surface area (Å²) in [5.74, 6) is 8.86. The molecule has 0 aromatic heterocycles. The Labute approximate surface area is 138 Å². The van der Waals surface area contributed by atoms with E-state index in [-0.39, 0.29) is 6.29 Å². The summed E-state index contributed by atoms with van der Waals surface area (Å²) in [5, 5.41) is 3.00. The Morgan fingerprint density at radius 2 is 2.05 bits per heavy atom. The van der Waals surface area contributed by atoms with Crippen LogP contribution in [0.2, 0.25) is 0 Å². The zero-order valence-electron chi connectivity index (χ0n) is 12.8. The van der Waals surface area contributed by atoms with Gasteiger partial charge >= 0.3 is 0 Å². The molecule has 1 fully saturated rings. The molecule has 1 saturated heterocycles. The molecule has 1 aliphatic heterocycles. The lowest BCUT2D eigenvalue weighted by Crippen LogP contribution is -2.22. The zero-order valence-corrected chi connectivity index (χ0v) is 13.7. The summed E-state index contributed by atoms with van der Waals surface area (Å²) >= 11 is 1.51. The molecule has 0 aliphatic carbocycles. The van der Waals surface area contributed by atoms with Gasteiger partial charge < -0.3 is 9.47 Å². The molecule has 1 aromatic rings. The number of ether oxygens (including phenoxy) is 2. The van der Waals surface area contributed by atoms with Gasteiger partial charge in [0.2, 0.25) is 0 Å². The first kappa shape index (κ1) is 17.0. The van der Waals surface area contributed by atoms with E-state index >= 15 is 0 Å². The largest absolute Gasteiger partial charge is 0.353 e. The number of hydrogen-bond donors (Lipinski definition) is 0. The highest BCUT2D eigenvalue weighted by Crippen LogP contribution is 2.15. The highest BCUT2D eigenvalue weighted by Gasteiger charge is 2.12. The van der Waals surface area contributed by atoms with Gasteiger partial charge in [-0.15, -0.1) is 0 Å². The average Bonchev–Trinajstić information content (AvgIpc) is 2.58. The van der Waals surface area contributed by atoms with Crippen LogP contribution in [0.15, 0.2) is 35.2 Å². The fraction of sp³-hybridized carbons (Fsp3) is 0.474. The maximum atomic E-state index is 5.68. The minimum Gasteiger partial charge on any atom is -0.353 e. The Kier molecular flexibility index (Phi) is 8.65. The van der Waals surface area contributed by atoms with Gasteiger partial charge in [-0.2, -0.15) is 0 Å². The van der Waals surface area contributed by atoms with Gasteiger partial charge in [-0.05, 0) is 73.1 Å². The molecule has 1 aliphatic rings. The molecule has 3 heteroatoms. The number of unbranched alkanes of at least 4 members (excludes halogenated alkanes) is 2. The van der Waals surface area contributed by atoms with Crippen LogP contribution in [0.4, 0.5) is 0 Å². The van der Waals surface area contributed by atoms with Gasteiger partial charge in [-0.25, -0.2) is 0 Å². The minimum absolute atomic E-state index is 0.0284. The van der Waals surface area contributed by atoms with Crippen molar-refractivity contribution in [1.29, 1.82) is 0 Å². The first-order valence-electron chi connectivity index (χ1n) is 7.88. The molecule has 2 nitrogen and oxygen atoms in total. The predicted molar refractivity (Wildman–Crippen MR) is 91.2 cm³/mol. The number of thioether (sulfide) groups is 1. The summed E-state index contributed by atoms with van der Waals surface area (Å²) in [6.07, 6.45) is 6.40. The van der Waals surface area contributed by atoms with E-state index < -0.39 is 0 Å². The van der Waals surface area contributed by atoms with E-state index in [2.05, 4.69) is 23.0 Å². The molecule has 116 valence electrons. The van der Waals surface area contributed by atoms with Crippen molar-refractivity contribution in [3.8, 4) is 23.0 Å². The van der Waals surface area contributed by atoms with E-state index in [1.165, 1.54) is 24.6 Å². The highest BCUT2D eigenvalue weighted by atomic mass is 32.2. The first-order valence-corrected chi connectivity index (χ1v) is 8.70. The van der Waals surface area contributed by atoms with Gasteiger partial charge in [0.15, 0.2) is 6.29 Å². The van der Waals surface area contributed by atoms with Crippen molar-refractivity contribution in [2.24, 2.45) is 0 Å². The molecule has 1 aromatic carbocycles. The summed E-state index contributed by atoms with van der Waals surface area (Å²) in [6, 6.07) is 10.1. The van der Waals surface area contributed by atoms with Crippen LogP contribution in [0.1, 0.15) is 38.5 Å². The monoisotopic (exact) mass is 314 g/mol. The van der Waals surface area contributed by atoms with E-state index in [0.717, 1.165) is 43.8 Å². The molecule has 0 bridgehead atoms. The maximum Gasteiger partial charge on any atom is 0.157 e. The molecule has 0 radical (unpaired) electrons. The fourth-order valence-corrected chi connectivity index (χ4v) is 2.59. The molecule has 1 unspecified atom stereocenters.